The number of aryl methyl sites for hydroxylation is 1. The maximum atomic E-state index is 14.4. The van der Waals surface area contributed by atoms with E-state index in [9.17, 15) is 26.3 Å². The van der Waals surface area contributed by atoms with Gasteiger partial charge in [0, 0.05) is 18.7 Å². The van der Waals surface area contributed by atoms with E-state index in [1.165, 1.54) is 12.1 Å². The summed E-state index contributed by atoms with van der Waals surface area (Å²) in [5, 5.41) is 10.8. The zero-order chi connectivity index (χ0) is 25.2. The molecular formula is C22H20F6N6O. The van der Waals surface area contributed by atoms with Crippen LogP contribution >= 0.6 is 0 Å². The van der Waals surface area contributed by atoms with E-state index in [-0.39, 0.29) is 49.3 Å². The lowest BCUT2D eigenvalue weighted by molar-refractivity contribution is -0.179. The van der Waals surface area contributed by atoms with Gasteiger partial charge in [0.15, 0.2) is 17.5 Å². The second-order valence-electron chi connectivity index (χ2n) is 7.93. The molecule has 0 aliphatic carbocycles. The van der Waals surface area contributed by atoms with Crippen molar-refractivity contribution in [3.8, 4) is 16.9 Å². The first-order valence-electron chi connectivity index (χ1n) is 10.6. The molecule has 0 radical (unpaired) electrons. The van der Waals surface area contributed by atoms with Crippen LogP contribution in [0.3, 0.4) is 0 Å². The van der Waals surface area contributed by atoms with Crippen LogP contribution in [0.1, 0.15) is 18.5 Å². The average molecular weight is 498 g/mol. The van der Waals surface area contributed by atoms with Crippen LogP contribution in [-0.2, 0) is 0 Å². The van der Waals surface area contributed by atoms with Crippen molar-refractivity contribution < 1.29 is 31.1 Å². The standard InChI is InChI=1S/C22H20F6N6O/c1-12-16(13-2-4-15(5-3-13)35-20(24)25)10-18(33-32-12)30-19-17(23)11-29-21(31-19)34-8-6-14(7-9-34)22(26,27)28/h2-5,10-11,14,20H,6-9H2,1H3,(H,29,30,31,33). The van der Waals surface area contributed by atoms with Crippen LogP contribution in [0.5, 0.6) is 5.75 Å². The van der Waals surface area contributed by atoms with Gasteiger partial charge in [0.05, 0.1) is 17.8 Å². The van der Waals surface area contributed by atoms with Crippen molar-refractivity contribution in [3.05, 3.63) is 48.0 Å². The third-order valence-corrected chi connectivity index (χ3v) is 5.59. The normalized spacial score (nSPS) is 14.9. The molecule has 1 fully saturated rings. The summed E-state index contributed by atoms with van der Waals surface area (Å²) >= 11 is 0. The fourth-order valence-electron chi connectivity index (χ4n) is 3.75. The van der Waals surface area contributed by atoms with Crippen molar-refractivity contribution in [2.45, 2.75) is 32.6 Å². The van der Waals surface area contributed by atoms with Crippen LogP contribution in [0.4, 0.5) is 43.9 Å². The molecule has 3 aromatic rings. The number of halogens is 6. The van der Waals surface area contributed by atoms with Gasteiger partial charge < -0.3 is 15.0 Å². The molecule has 35 heavy (non-hydrogen) atoms. The highest BCUT2D eigenvalue weighted by atomic mass is 19.4. The molecule has 0 unspecified atom stereocenters. The molecule has 0 spiro atoms. The Bertz CT molecular complexity index is 1170. The van der Waals surface area contributed by atoms with Gasteiger partial charge in [0.25, 0.3) is 0 Å². The van der Waals surface area contributed by atoms with Gasteiger partial charge in [-0.05, 0) is 43.5 Å². The number of aromatic nitrogens is 4. The lowest BCUT2D eigenvalue weighted by Gasteiger charge is -2.32. The largest absolute Gasteiger partial charge is 0.435 e. The summed E-state index contributed by atoms with van der Waals surface area (Å²) in [5.74, 6) is -2.12. The summed E-state index contributed by atoms with van der Waals surface area (Å²) in [6, 6.07) is 7.49. The molecule has 1 aromatic carbocycles. The molecule has 0 atom stereocenters. The second kappa shape index (κ2) is 9.92. The van der Waals surface area contributed by atoms with E-state index in [1.54, 1.807) is 30.0 Å². The zero-order valence-corrected chi connectivity index (χ0v) is 18.4. The first-order valence-corrected chi connectivity index (χ1v) is 10.6. The minimum atomic E-state index is -4.25. The van der Waals surface area contributed by atoms with Gasteiger partial charge in [-0.15, -0.1) is 5.10 Å². The van der Waals surface area contributed by atoms with E-state index in [0.717, 1.165) is 6.20 Å². The number of rotatable bonds is 6. The van der Waals surface area contributed by atoms with Gasteiger partial charge in [-0.2, -0.15) is 32.0 Å². The minimum Gasteiger partial charge on any atom is -0.435 e. The zero-order valence-electron chi connectivity index (χ0n) is 18.4. The Kier molecular flexibility index (Phi) is 6.94. The minimum absolute atomic E-state index is 0.00313. The van der Waals surface area contributed by atoms with E-state index in [1.807, 2.05) is 0 Å². The summed E-state index contributed by atoms with van der Waals surface area (Å²) in [6.07, 6.45) is -3.51. The number of nitrogens with zero attached hydrogens (tertiary/aromatic N) is 5. The monoisotopic (exact) mass is 498 g/mol. The van der Waals surface area contributed by atoms with E-state index >= 15 is 0 Å². The lowest BCUT2D eigenvalue weighted by atomic mass is 9.96. The summed E-state index contributed by atoms with van der Waals surface area (Å²) in [7, 11) is 0. The number of benzene rings is 1. The van der Waals surface area contributed by atoms with Gasteiger partial charge in [-0.3, -0.25) is 0 Å². The van der Waals surface area contributed by atoms with Gasteiger partial charge in [-0.25, -0.2) is 9.37 Å². The molecule has 13 heteroatoms. The molecule has 0 amide bonds. The summed E-state index contributed by atoms with van der Waals surface area (Å²) in [4.78, 5) is 9.62. The Morgan fingerprint density at radius 1 is 1.09 bits per heavy atom. The molecule has 1 aliphatic rings. The van der Waals surface area contributed by atoms with Gasteiger partial charge in [0.2, 0.25) is 5.95 Å². The molecule has 0 saturated carbocycles. The third-order valence-electron chi connectivity index (χ3n) is 5.59. The number of nitrogens with one attached hydrogen (secondary N) is 1. The van der Waals surface area contributed by atoms with Crippen LogP contribution in [-0.4, -0.2) is 46.0 Å². The van der Waals surface area contributed by atoms with Gasteiger partial charge >= 0.3 is 12.8 Å². The fourth-order valence-corrected chi connectivity index (χ4v) is 3.75. The Hall–Kier alpha value is -3.64. The number of anilines is 3. The number of ether oxygens (including phenoxy) is 1. The van der Waals surface area contributed by atoms with Crippen LogP contribution in [0, 0.1) is 18.7 Å². The highest BCUT2D eigenvalue weighted by molar-refractivity contribution is 5.70. The first kappa shape index (κ1) is 24.5. The molecule has 7 nitrogen and oxygen atoms in total. The molecule has 4 rings (SSSR count). The predicted octanol–water partition coefficient (Wildman–Crippen LogP) is 5.50. The van der Waals surface area contributed by atoms with Crippen molar-refractivity contribution in [1.29, 1.82) is 0 Å². The second-order valence-corrected chi connectivity index (χ2v) is 7.93. The predicted molar refractivity (Wildman–Crippen MR) is 115 cm³/mol. The average Bonchev–Trinajstić information content (AvgIpc) is 2.81. The van der Waals surface area contributed by atoms with Gasteiger partial charge in [0.1, 0.15) is 5.75 Å². The van der Waals surface area contributed by atoms with Crippen LogP contribution in [0.2, 0.25) is 0 Å². The lowest BCUT2D eigenvalue weighted by Crippen LogP contribution is -2.39. The summed E-state index contributed by atoms with van der Waals surface area (Å²) in [6.45, 7) is -1.06. The summed E-state index contributed by atoms with van der Waals surface area (Å²) in [5.41, 5.74) is 1.78. The van der Waals surface area contributed by atoms with E-state index in [2.05, 4.69) is 30.2 Å². The highest BCUT2D eigenvalue weighted by Crippen LogP contribution is 2.35. The Morgan fingerprint density at radius 3 is 2.40 bits per heavy atom. The summed E-state index contributed by atoms with van der Waals surface area (Å²) < 4.78 is 82.3. The van der Waals surface area contributed by atoms with Crippen molar-refractivity contribution in [3.63, 3.8) is 0 Å². The van der Waals surface area contributed by atoms with Crippen molar-refractivity contribution in [2.24, 2.45) is 5.92 Å². The number of alkyl halides is 5. The molecule has 2 aromatic heterocycles. The molecule has 186 valence electrons. The fraction of sp³-hybridized carbons (Fsp3) is 0.364. The molecule has 3 heterocycles. The number of hydrogen-bond acceptors (Lipinski definition) is 7. The van der Waals surface area contributed by atoms with Gasteiger partial charge in [-0.1, -0.05) is 12.1 Å². The van der Waals surface area contributed by atoms with Crippen molar-refractivity contribution in [1.82, 2.24) is 20.2 Å². The Labute approximate surface area is 196 Å². The van der Waals surface area contributed by atoms with E-state index < -0.39 is 24.5 Å². The molecule has 1 saturated heterocycles. The highest BCUT2D eigenvalue weighted by Gasteiger charge is 2.41. The van der Waals surface area contributed by atoms with E-state index in [4.69, 9.17) is 0 Å². The molecular weight excluding hydrogens is 478 g/mol. The number of piperidine rings is 1. The first-order chi connectivity index (χ1) is 16.6. The van der Waals surface area contributed by atoms with Crippen molar-refractivity contribution in [2.75, 3.05) is 23.3 Å². The molecule has 0 bridgehead atoms. The van der Waals surface area contributed by atoms with Crippen LogP contribution in [0.25, 0.3) is 11.1 Å². The number of hydrogen-bond donors (Lipinski definition) is 1. The Morgan fingerprint density at radius 2 is 1.77 bits per heavy atom. The maximum Gasteiger partial charge on any atom is 0.391 e. The van der Waals surface area contributed by atoms with E-state index in [0.29, 0.717) is 16.8 Å². The van der Waals surface area contributed by atoms with Crippen molar-refractivity contribution >= 4 is 17.6 Å². The van der Waals surface area contributed by atoms with Crippen LogP contribution in [0.15, 0.2) is 36.5 Å². The maximum absolute atomic E-state index is 14.4. The Balaban J connectivity index is 1.52. The quantitative estimate of drug-likeness (QED) is 0.450. The molecule has 1 N–H and O–H groups in total. The third kappa shape index (κ3) is 5.89. The van der Waals surface area contributed by atoms with Crippen LogP contribution < -0.4 is 15.0 Å². The molecule has 1 aliphatic heterocycles. The smallest absolute Gasteiger partial charge is 0.391 e. The SMILES string of the molecule is Cc1nnc(Nc2nc(N3CCC(C(F)(F)F)CC3)ncc2F)cc1-c1ccc(OC(F)F)cc1. The topological polar surface area (TPSA) is 76.1 Å².